The van der Waals surface area contributed by atoms with Crippen LogP contribution in [-0.2, 0) is 6.42 Å². The molecule has 0 unspecified atom stereocenters. The summed E-state index contributed by atoms with van der Waals surface area (Å²) in [5.41, 5.74) is 11.1. The molecule has 0 amide bonds. The lowest BCUT2D eigenvalue weighted by Crippen LogP contribution is -1.91. The maximum atomic E-state index is 7.41. The molecule has 0 aromatic heterocycles. The van der Waals surface area contributed by atoms with E-state index in [9.17, 15) is 0 Å². The van der Waals surface area contributed by atoms with Gasteiger partial charge in [0.1, 0.15) is 0 Å². The first kappa shape index (κ1) is 30.8. The van der Waals surface area contributed by atoms with E-state index in [0.717, 1.165) is 12.0 Å². The maximum Gasteiger partial charge on any atom is 0.187 e. The Morgan fingerprint density at radius 3 is 1.56 bits per heavy atom. The fourth-order valence-electron chi connectivity index (χ4n) is 10.5. The van der Waals surface area contributed by atoms with Gasteiger partial charge in [-0.15, -0.1) is 0 Å². The third kappa shape index (κ3) is 4.17. The first-order valence-corrected chi connectivity index (χ1v) is 19.7. The van der Waals surface area contributed by atoms with Gasteiger partial charge in [0.05, 0.1) is 6.57 Å². The molecule has 1 heteroatoms. The second kappa shape index (κ2) is 11.3. The summed E-state index contributed by atoms with van der Waals surface area (Å²) in [5.74, 6) is 0. The van der Waals surface area contributed by atoms with Crippen LogP contribution in [0.25, 0.3) is 124 Å². The van der Waals surface area contributed by atoms with Gasteiger partial charge in [0.2, 0.25) is 0 Å². The molecule has 0 fully saturated rings. The van der Waals surface area contributed by atoms with Gasteiger partial charge in [0.25, 0.3) is 0 Å². The van der Waals surface area contributed by atoms with Gasteiger partial charge >= 0.3 is 0 Å². The highest BCUT2D eigenvalue weighted by atomic mass is 14.6. The molecule has 0 heterocycles. The summed E-state index contributed by atoms with van der Waals surface area (Å²) in [6, 6.07) is 65.4. The summed E-state index contributed by atoms with van der Waals surface area (Å²) in [5, 5.41) is 20.7. The number of hydrogen-bond donors (Lipinski definition) is 0. The molecule has 0 N–H and O–H groups in total. The highest BCUT2D eigenvalue weighted by Gasteiger charge is 2.23. The number of benzene rings is 12. The zero-order valence-electron chi connectivity index (χ0n) is 30.9. The molecule has 0 saturated heterocycles. The second-order valence-corrected chi connectivity index (χ2v) is 15.8. The molecule has 0 atom stereocenters. The largest absolute Gasteiger partial charge is 0.238 e. The van der Waals surface area contributed by atoms with Crippen molar-refractivity contribution in [3.63, 3.8) is 0 Å². The van der Waals surface area contributed by atoms with E-state index in [1.54, 1.807) is 0 Å². The Kier molecular flexibility index (Phi) is 6.08. The van der Waals surface area contributed by atoms with Crippen LogP contribution in [0.15, 0.2) is 176 Å². The predicted molar refractivity (Wildman–Crippen MR) is 243 cm³/mol. The normalized spacial score (nSPS) is 12.5. The SMILES string of the molecule is [C-]#[N+]c1ccc(-c2ccc3c4cccc5c(-c6ccc7c(c6)c6ccccc6c6cc8c(cc76)Cc6ccc7ccccc7c6-8)ccc(c6cccc2c36)c54)cc1. The predicted octanol–water partition coefficient (Wildman–Crippen LogP) is 15.8. The van der Waals surface area contributed by atoms with E-state index in [1.165, 1.54) is 125 Å². The molecule has 1 nitrogen and oxygen atoms in total. The third-order valence-corrected chi connectivity index (χ3v) is 13.0. The maximum absolute atomic E-state index is 7.41. The van der Waals surface area contributed by atoms with Crippen molar-refractivity contribution in [1.82, 2.24) is 0 Å². The van der Waals surface area contributed by atoms with Gasteiger partial charge in [0.15, 0.2) is 5.69 Å². The van der Waals surface area contributed by atoms with Gasteiger partial charge in [-0.05, 0) is 155 Å². The smallest absolute Gasteiger partial charge is 0.187 e. The van der Waals surface area contributed by atoms with Crippen LogP contribution in [0, 0.1) is 6.57 Å². The fraction of sp³-hybridized carbons (Fsp3) is 0.0179. The quantitative estimate of drug-likeness (QED) is 0.0953. The average Bonchev–Trinajstić information content (AvgIpc) is 3.65. The second-order valence-electron chi connectivity index (χ2n) is 15.8. The molecule has 260 valence electrons. The van der Waals surface area contributed by atoms with E-state index in [4.69, 9.17) is 6.57 Å². The van der Waals surface area contributed by atoms with E-state index < -0.39 is 0 Å². The van der Waals surface area contributed by atoms with Gasteiger partial charge in [-0.2, -0.15) is 0 Å². The molecule has 1 aliphatic carbocycles. The number of nitrogens with zero attached hydrogens (tertiary/aromatic N) is 1. The van der Waals surface area contributed by atoms with E-state index in [-0.39, 0.29) is 0 Å². The van der Waals surface area contributed by atoms with Crippen molar-refractivity contribution in [2.75, 3.05) is 0 Å². The summed E-state index contributed by atoms with van der Waals surface area (Å²) in [4.78, 5) is 3.61. The standard InChI is InChI=1S/C56H31N/c1-57-37-21-18-33(19-22-37)38-24-26-48-47-15-7-13-45-39(25-27-49(56(45)47)46-14-6-12-44(38)55(46)48)34-20-23-43-51(29-34)41-10-4-5-11-42(41)53-31-50-36(30-52(43)53)28-35-17-16-32-8-2-3-9-40(32)54(35)50/h2-27,29-31H,28H2. The van der Waals surface area contributed by atoms with Crippen molar-refractivity contribution >= 4 is 91.9 Å². The highest BCUT2D eigenvalue weighted by Crippen LogP contribution is 2.48. The number of fused-ring (bicyclic) bond motifs is 13. The van der Waals surface area contributed by atoms with Crippen LogP contribution in [0.2, 0.25) is 0 Å². The van der Waals surface area contributed by atoms with Gasteiger partial charge in [-0.25, -0.2) is 4.85 Å². The van der Waals surface area contributed by atoms with Crippen molar-refractivity contribution in [2.45, 2.75) is 6.42 Å². The van der Waals surface area contributed by atoms with Crippen molar-refractivity contribution in [3.05, 3.63) is 198 Å². The molecule has 0 radical (unpaired) electrons. The Labute approximate surface area is 328 Å². The van der Waals surface area contributed by atoms with Crippen LogP contribution in [0.4, 0.5) is 5.69 Å². The van der Waals surface area contributed by atoms with Crippen LogP contribution in [-0.4, -0.2) is 0 Å². The van der Waals surface area contributed by atoms with Crippen LogP contribution in [0.1, 0.15) is 11.1 Å². The molecule has 0 saturated carbocycles. The topological polar surface area (TPSA) is 4.36 Å². The van der Waals surface area contributed by atoms with Crippen molar-refractivity contribution in [1.29, 1.82) is 0 Å². The Hall–Kier alpha value is -7.53. The molecule has 13 rings (SSSR count). The fourth-order valence-corrected chi connectivity index (χ4v) is 10.5. The Morgan fingerprint density at radius 1 is 0.333 bits per heavy atom. The lowest BCUT2D eigenvalue weighted by molar-refractivity contribution is 1.27. The summed E-state index contributed by atoms with van der Waals surface area (Å²) < 4.78 is 0. The number of rotatable bonds is 2. The lowest BCUT2D eigenvalue weighted by Gasteiger charge is -2.19. The van der Waals surface area contributed by atoms with Crippen LogP contribution >= 0.6 is 0 Å². The van der Waals surface area contributed by atoms with Crippen molar-refractivity contribution in [3.8, 4) is 33.4 Å². The first-order chi connectivity index (χ1) is 28.2. The van der Waals surface area contributed by atoms with Crippen LogP contribution in [0.5, 0.6) is 0 Å². The zero-order chi connectivity index (χ0) is 37.4. The number of hydrogen-bond acceptors (Lipinski definition) is 0. The average molecular weight is 718 g/mol. The summed E-state index contributed by atoms with van der Waals surface area (Å²) in [6.07, 6.45) is 0.965. The van der Waals surface area contributed by atoms with Gasteiger partial charge < -0.3 is 0 Å². The minimum absolute atomic E-state index is 0.661. The van der Waals surface area contributed by atoms with E-state index in [0.29, 0.717) is 5.69 Å². The molecule has 57 heavy (non-hydrogen) atoms. The highest BCUT2D eigenvalue weighted by molar-refractivity contribution is 6.35. The van der Waals surface area contributed by atoms with Gasteiger partial charge in [-0.1, -0.05) is 158 Å². The molecule has 1 aliphatic rings. The van der Waals surface area contributed by atoms with Crippen LogP contribution in [0.3, 0.4) is 0 Å². The third-order valence-electron chi connectivity index (χ3n) is 13.0. The lowest BCUT2D eigenvalue weighted by atomic mass is 9.85. The molecule has 0 aliphatic heterocycles. The first-order valence-electron chi connectivity index (χ1n) is 19.7. The van der Waals surface area contributed by atoms with Crippen molar-refractivity contribution in [2.24, 2.45) is 0 Å². The molecule has 12 aromatic carbocycles. The van der Waals surface area contributed by atoms with Crippen molar-refractivity contribution < 1.29 is 0 Å². The summed E-state index contributed by atoms with van der Waals surface area (Å²) in [7, 11) is 0. The minimum Gasteiger partial charge on any atom is -0.238 e. The molecule has 0 spiro atoms. The zero-order valence-corrected chi connectivity index (χ0v) is 30.9. The Balaban J connectivity index is 1.03. The van der Waals surface area contributed by atoms with Crippen LogP contribution < -0.4 is 0 Å². The summed E-state index contributed by atoms with van der Waals surface area (Å²) >= 11 is 0. The van der Waals surface area contributed by atoms with Gasteiger partial charge in [0, 0.05) is 0 Å². The molecular formula is C56H31N. The molecule has 0 bridgehead atoms. The van der Waals surface area contributed by atoms with Gasteiger partial charge in [-0.3, -0.25) is 0 Å². The molecule has 12 aromatic rings. The van der Waals surface area contributed by atoms with E-state index in [1.807, 2.05) is 12.1 Å². The van der Waals surface area contributed by atoms with E-state index in [2.05, 4.69) is 169 Å². The Morgan fingerprint density at radius 2 is 0.860 bits per heavy atom. The minimum atomic E-state index is 0.661. The summed E-state index contributed by atoms with van der Waals surface area (Å²) in [6.45, 7) is 7.41. The molecular weight excluding hydrogens is 687 g/mol. The monoisotopic (exact) mass is 717 g/mol. The Bertz CT molecular complexity index is 3750. The van der Waals surface area contributed by atoms with E-state index >= 15 is 0 Å².